The second-order valence-corrected chi connectivity index (χ2v) is 7.26. The number of imidazole rings is 1. The number of aromatic nitrogens is 2. The fourth-order valence-corrected chi connectivity index (χ4v) is 3.73. The van der Waals surface area contributed by atoms with E-state index in [0.29, 0.717) is 10.0 Å². The molecule has 0 radical (unpaired) electrons. The molecule has 0 saturated carbocycles. The molecule has 2 aromatic rings. The highest BCUT2D eigenvalue weighted by atomic mass is 79.9. The zero-order valence-electron chi connectivity index (χ0n) is 11.7. The summed E-state index contributed by atoms with van der Waals surface area (Å²) >= 11 is 16.1. The van der Waals surface area contributed by atoms with E-state index in [4.69, 9.17) is 23.2 Å². The molecule has 1 aromatic heterocycles. The van der Waals surface area contributed by atoms with Crippen molar-refractivity contribution in [1.82, 2.24) is 14.9 Å². The van der Waals surface area contributed by atoms with Gasteiger partial charge in [0.15, 0.2) is 0 Å². The molecule has 2 heterocycles. The molecule has 112 valence electrons. The fraction of sp³-hybridized carbons (Fsp3) is 0.400. The zero-order valence-corrected chi connectivity index (χ0v) is 14.8. The monoisotopic (exact) mass is 387 g/mol. The molecule has 3 nitrogen and oxygen atoms in total. The SMILES string of the molecule is CC1(c2cncn2-c2ccc(Br)c(Cl)c2Cl)CCNCC1. The minimum Gasteiger partial charge on any atom is -0.317 e. The van der Waals surface area contributed by atoms with Crippen molar-refractivity contribution >= 4 is 39.1 Å². The highest BCUT2D eigenvalue weighted by molar-refractivity contribution is 9.10. The quantitative estimate of drug-likeness (QED) is 0.763. The first-order chi connectivity index (χ1) is 10.0. The van der Waals surface area contributed by atoms with Crippen molar-refractivity contribution in [2.45, 2.75) is 25.2 Å². The Balaban J connectivity index is 2.09. The number of hydrogen-bond acceptors (Lipinski definition) is 2. The lowest BCUT2D eigenvalue weighted by atomic mass is 9.78. The van der Waals surface area contributed by atoms with Crippen LogP contribution in [0.15, 0.2) is 29.1 Å². The van der Waals surface area contributed by atoms with Crippen LogP contribution in [0.3, 0.4) is 0 Å². The fourth-order valence-electron chi connectivity index (χ4n) is 2.87. The smallest absolute Gasteiger partial charge is 0.0994 e. The number of piperidine rings is 1. The summed E-state index contributed by atoms with van der Waals surface area (Å²) in [6, 6.07) is 3.88. The minimum absolute atomic E-state index is 0.102. The molecule has 0 amide bonds. The standard InChI is InChI=1S/C15H16BrCl2N3/c1-15(4-6-19-7-5-15)12-8-20-9-21(12)11-3-2-10(16)13(17)14(11)18/h2-3,8-9,19H,4-7H2,1H3. The lowest BCUT2D eigenvalue weighted by Crippen LogP contribution is -2.38. The summed E-state index contributed by atoms with van der Waals surface area (Å²) in [7, 11) is 0. The molecule has 1 saturated heterocycles. The van der Waals surface area contributed by atoms with Crippen LogP contribution in [0.4, 0.5) is 0 Å². The van der Waals surface area contributed by atoms with Gasteiger partial charge in [0.1, 0.15) is 0 Å². The van der Waals surface area contributed by atoms with Gasteiger partial charge in [-0.25, -0.2) is 4.98 Å². The van der Waals surface area contributed by atoms with E-state index in [1.165, 1.54) is 5.69 Å². The molecule has 1 N–H and O–H groups in total. The Bertz CT molecular complexity index is 663. The van der Waals surface area contributed by atoms with Gasteiger partial charge in [-0.1, -0.05) is 30.1 Å². The Morgan fingerprint density at radius 3 is 2.67 bits per heavy atom. The summed E-state index contributed by atoms with van der Waals surface area (Å²) < 4.78 is 2.86. The van der Waals surface area contributed by atoms with Crippen LogP contribution in [0.2, 0.25) is 10.0 Å². The third kappa shape index (κ3) is 2.74. The van der Waals surface area contributed by atoms with Crippen molar-refractivity contribution in [2.75, 3.05) is 13.1 Å². The molecular weight excluding hydrogens is 373 g/mol. The second-order valence-electron chi connectivity index (χ2n) is 5.65. The van der Waals surface area contributed by atoms with Crippen LogP contribution in [0.1, 0.15) is 25.5 Å². The second kappa shape index (κ2) is 5.92. The molecule has 6 heteroatoms. The molecule has 0 unspecified atom stereocenters. The van der Waals surface area contributed by atoms with Crippen molar-refractivity contribution in [2.24, 2.45) is 0 Å². The molecule has 21 heavy (non-hydrogen) atoms. The summed E-state index contributed by atoms with van der Waals surface area (Å²) in [6.07, 6.45) is 5.92. The Labute approximate surface area is 142 Å². The van der Waals surface area contributed by atoms with E-state index in [-0.39, 0.29) is 5.41 Å². The molecule has 3 rings (SSSR count). The highest BCUT2D eigenvalue weighted by Gasteiger charge is 2.32. The third-order valence-corrected chi connectivity index (χ3v) is 6.00. The highest BCUT2D eigenvalue weighted by Crippen LogP contribution is 2.38. The van der Waals surface area contributed by atoms with Gasteiger partial charge in [-0.05, 0) is 54.0 Å². The average molecular weight is 389 g/mol. The summed E-state index contributed by atoms with van der Waals surface area (Å²) in [6.45, 7) is 4.34. The summed E-state index contributed by atoms with van der Waals surface area (Å²) in [5.74, 6) is 0. The molecule has 0 bridgehead atoms. The molecule has 0 spiro atoms. The molecule has 0 atom stereocenters. The summed E-state index contributed by atoms with van der Waals surface area (Å²) in [5.41, 5.74) is 2.16. The number of hydrogen-bond donors (Lipinski definition) is 1. The maximum atomic E-state index is 6.42. The van der Waals surface area contributed by atoms with Gasteiger partial charge in [0.05, 0.1) is 22.1 Å². The van der Waals surface area contributed by atoms with Crippen LogP contribution in [0, 0.1) is 0 Å². The molecule has 1 aliphatic rings. The Morgan fingerprint density at radius 1 is 1.24 bits per heavy atom. The van der Waals surface area contributed by atoms with E-state index < -0.39 is 0 Å². The maximum absolute atomic E-state index is 6.42. The molecule has 1 fully saturated rings. The first-order valence-electron chi connectivity index (χ1n) is 6.90. The van der Waals surface area contributed by atoms with Crippen LogP contribution in [0.25, 0.3) is 5.69 Å². The topological polar surface area (TPSA) is 29.9 Å². The van der Waals surface area contributed by atoms with Crippen molar-refractivity contribution in [3.8, 4) is 5.69 Å². The van der Waals surface area contributed by atoms with E-state index in [0.717, 1.165) is 36.1 Å². The Morgan fingerprint density at radius 2 is 1.95 bits per heavy atom. The zero-order chi connectivity index (χ0) is 15.0. The van der Waals surface area contributed by atoms with Crippen LogP contribution in [0.5, 0.6) is 0 Å². The Kier molecular flexibility index (Phi) is 4.33. The van der Waals surface area contributed by atoms with E-state index in [1.54, 1.807) is 0 Å². The van der Waals surface area contributed by atoms with Gasteiger partial charge in [0, 0.05) is 21.8 Å². The average Bonchev–Trinajstić information content (AvgIpc) is 2.96. The normalized spacial score (nSPS) is 17.9. The predicted molar refractivity (Wildman–Crippen MR) is 90.7 cm³/mol. The van der Waals surface area contributed by atoms with Crippen molar-refractivity contribution < 1.29 is 0 Å². The number of nitrogens with one attached hydrogen (secondary N) is 1. The van der Waals surface area contributed by atoms with Crippen LogP contribution in [-0.4, -0.2) is 22.6 Å². The number of halogens is 3. The largest absolute Gasteiger partial charge is 0.317 e. The molecule has 1 aromatic carbocycles. The third-order valence-electron chi connectivity index (χ3n) is 4.24. The van der Waals surface area contributed by atoms with Gasteiger partial charge >= 0.3 is 0 Å². The molecule has 1 aliphatic heterocycles. The van der Waals surface area contributed by atoms with Crippen molar-refractivity contribution in [1.29, 1.82) is 0 Å². The number of nitrogens with zero attached hydrogens (tertiary/aromatic N) is 2. The summed E-state index contributed by atoms with van der Waals surface area (Å²) in [5, 5.41) is 4.48. The van der Waals surface area contributed by atoms with Gasteiger partial charge in [0.2, 0.25) is 0 Å². The number of benzene rings is 1. The van der Waals surface area contributed by atoms with E-state index in [1.807, 2.05) is 24.7 Å². The van der Waals surface area contributed by atoms with Crippen LogP contribution < -0.4 is 5.32 Å². The Hall–Kier alpha value is -0.550. The van der Waals surface area contributed by atoms with Crippen LogP contribution in [-0.2, 0) is 5.41 Å². The van der Waals surface area contributed by atoms with Crippen LogP contribution >= 0.6 is 39.1 Å². The molecule has 0 aliphatic carbocycles. The van der Waals surface area contributed by atoms with Gasteiger partial charge < -0.3 is 9.88 Å². The van der Waals surface area contributed by atoms with E-state index >= 15 is 0 Å². The van der Waals surface area contributed by atoms with E-state index in [9.17, 15) is 0 Å². The van der Waals surface area contributed by atoms with Gasteiger partial charge in [-0.15, -0.1) is 0 Å². The van der Waals surface area contributed by atoms with Gasteiger partial charge in [0.25, 0.3) is 0 Å². The lowest BCUT2D eigenvalue weighted by Gasteiger charge is -2.34. The minimum atomic E-state index is 0.102. The lowest BCUT2D eigenvalue weighted by molar-refractivity contribution is 0.324. The van der Waals surface area contributed by atoms with Gasteiger partial charge in [-0.3, -0.25) is 0 Å². The van der Waals surface area contributed by atoms with Gasteiger partial charge in [-0.2, -0.15) is 0 Å². The first kappa shape index (κ1) is 15.3. The predicted octanol–water partition coefficient (Wildman–Crippen LogP) is 4.58. The number of rotatable bonds is 2. The van der Waals surface area contributed by atoms with E-state index in [2.05, 4.69) is 37.7 Å². The first-order valence-corrected chi connectivity index (χ1v) is 8.45. The molecular formula is C15H16BrCl2N3. The maximum Gasteiger partial charge on any atom is 0.0994 e. The van der Waals surface area contributed by atoms with Crippen molar-refractivity contribution in [3.05, 3.63) is 44.9 Å². The van der Waals surface area contributed by atoms with Crippen molar-refractivity contribution in [3.63, 3.8) is 0 Å². The summed E-state index contributed by atoms with van der Waals surface area (Å²) in [4.78, 5) is 4.34.